The molecule has 2 N–H and O–H groups in total. The summed E-state index contributed by atoms with van der Waals surface area (Å²) in [7, 11) is 0. The molecule has 4 nitrogen and oxygen atoms in total. The van der Waals surface area contributed by atoms with E-state index in [4.69, 9.17) is 0 Å². The third kappa shape index (κ3) is 6.40. The van der Waals surface area contributed by atoms with E-state index >= 15 is 0 Å². The fourth-order valence-corrected chi connectivity index (χ4v) is 3.09. The molecule has 0 saturated heterocycles. The zero-order chi connectivity index (χ0) is 20.5. The van der Waals surface area contributed by atoms with Crippen LogP contribution >= 0.6 is 0 Å². The highest BCUT2D eigenvalue weighted by Crippen LogP contribution is 2.12. The molecule has 0 radical (unpaired) electrons. The van der Waals surface area contributed by atoms with E-state index < -0.39 is 6.04 Å². The number of ketones is 1. The van der Waals surface area contributed by atoms with E-state index in [1.807, 2.05) is 67.6 Å². The molecule has 0 spiro atoms. The molecular formula is C25H26N2O2. The molecule has 0 heterocycles. The molecule has 148 valence electrons. The molecule has 0 aliphatic carbocycles. The summed E-state index contributed by atoms with van der Waals surface area (Å²) < 4.78 is 0. The van der Waals surface area contributed by atoms with Gasteiger partial charge in [0.25, 0.3) is 0 Å². The van der Waals surface area contributed by atoms with Crippen LogP contribution in [0.4, 0.5) is 5.69 Å². The molecule has 0 saturated carbocycles. The minimum Gasteiger partial charge on any atom is -0.325 e. The number of hydrogen-bond acceptors (Lipinski definition) is 3. The number of amides is 1. The van der Waals surface area contributed by atoms with Crippen LogP contribution in [0.25, 0.3) is 0 Å². The van der Waals surface area contributed by atoms with Crippen LogP contribution in [0.2, 0.25) is 0 Å². The Balaban J connectivity index is 1.66. The normalized spacial score (nSPS) is 11.6. The first-order valence-corrected chi connectivity index (χ1v) is 9.85. The van der Waals surface area contributed by atoms with Crippen molar-refractivity contribution in [2.45, 2.75) is 25.8 Å². The van der Waals surface area contributed by atoms with E-state index in [1.54, 1.807) is 12.1 Å². The number of aryl methyl sites for hydroxylation is 1. The summed E-state index contributed by atoms with van der Waals surface area (Å²) in [6, 6.07) is 26.2. The van der Waals surface area contributed by atoms with Crippen LogP contribution in [-0.2, 0) is 11.2 Å². The van der Waals surface area contributed by atoms with Crippen molar-refractivity contribution in [3.63, 3.8) is 0 Å². The summed E-state index contributed by atoms with van der Waals surface area (Å²) in [5, 5.41) is 6.19. The van der Waals surface area contributed by atoms with Crippen molar-refractivity contribution >= 4 is 17.4 Å². The van der Waals surface area contributed by atoms with E-state index in [-0.39, 0.29) is 18.1 Å². The van der Waals surface area contributed by atoms with E-state index in [1.165, 1.54) is 5.56 Å². The summed E-state index contributed by atoms with van der Waals surface area (Å²) in [4.78, 5) is 25.6. The smallest absolute Gasteiger partial charge is 0.241 e. The van der Waals surface area contributed by atoms with Crippen LogP contribution in [0.5, 0.6) is 0 Å². The van der Waals surface area contributed by atoms with Crippen LogP contribution in [0.1, 0.15) is 27.9 Å². The molecule has 0 fully saturated rings. The SMILES string of the molecule is Cc1ccc(NC(=O)C(CC(=O)c2ccccc2)NCCc2ccccc2)cc1. The maximum absolute atomic E-state index is 12.9. The predicted molar refractivity (Wildman–Crippen MR) is 117 cm³/mol. The minimum absolute atomic E-state index is 0.0538. The van der Waals surface area contributed by atoms with Crippen LogP contribution < -0.4 is 10.6 Å². The van der Waals surface area contributed by atoms with Gasteiger partial charge in [-0.1, -0.05) is 78.4 Å². The highest BCUT2D eigenvalue weighted by molar-refractivity contribution is 6.02. The number of carbonyl (C=O) groups is 2. The maximum atomic E-state index is 12.9. The van der Waals surface area contributed by atoms with Gasteiger partial charge in [-0.3, -0.25) is 9.59 Å². The van der Waals surface area contributed by atoms with Gasteiger partial charge in [0.05, 0.1) is 6.04 Å². The van der Waals surface area contributed by atoms with Gasteiger partial charge in [0, 0.05) is 17.7 Å². The Morgan fingerprint density at radius 2 is 1.45 bits per heavy atom. The third-order valence-corrected chi connectivity index (χ3v) is 4.77. The number of nitrogens with one attached hydrogen (secondary N) is 2. The Kier molecular flexibility index (Phi) is 7.31. The molecule has 1 unspecified atom stereocenters. The Bertz CT molecular complexity index is 922. The van der Waals surface area contributed by atoms with E-state index in [9.17, 15) is 9.59 Å². The van der Waals surface area contributed by atoms with Gasteiger partial charge in [0.1, 0.15) is 0 Å². The lowest BCUT2D eigenvalue weighted by atomic mass is 10.0. The Labute approximate surface area is 172 Å². The standard InChI is InChI=1S/C25H26N2O2/c1-19-12-14-22(15-13-19)27-25(29)23(18-24(28)21-10-6-3-7-11-21)26-17-16-20-8-4-2-5-9-20/h2-15,23,26H,16-18H2,1H3,(H,27,29). The molecule has 29 heavy (non-hydrogen) atoms. The number of hydrogen-bond donors (Lipinski definition) is 2. The number of benzene rings is 3. The fourth-order valence-electron chi connectivity index (χ4n) is 3.09. The van der Waals surface area contributed by atoms with Crippen LogP contribution in [-0.4, -0.2) is 24.3 Å². The van der Waals surface area contributed by atoms with Gasteiger partial charge in [-0.2, -0.15) is 0 Å². The second kappa shape index (κ2) is 10.3. The van der Waals surface area contributed by atoms with Gasteiger partial charge < -0.3 is 10.6 Å². The molecule has 4 heteroatoms. The molecule has 3 rings (SSSR count). The predicted octanol–water partition coefficient (Wildman–Crippen LogP) is 4.41. The first-order chi connectivity index (χ1) is 14.1. The Morgan fingerprint density at radius 1 is 0.828 bits per heavy atom. The number of rotatable bonds is 9. The second-order valence-electron chi connectivity index (χ2n) is 7.09. The van der Waals surface area contributed by atoms with Crippen molar-refractivity contribution in [3.8, 4) is 0 Å². The van der Waals surface area contributed by atoms with Crippen molar-refractivity contribution in [3.05, 3.63) is 102 Å². The number of anilines is 1. The Hall–Kier alpha value is -3.24. The molecular weight excluding hydrogens is 360 g/mol. The summed E-state index contributed by atoms with van der Waals surface area (Å²) in [6.45, 7) is 2.61. The summed E-state index contributed by atoms with van der Waals surface area (Å²) >= 11 is 0. The van der Waals surface area contributed by atoms with Gasteiger partial charge in [0.15, 0.2) is 5.78 Å². The van der Waals surface area contributed by atoms with Crippen molar-refractivity contribution in [2.24, 2.45) is 0 Å². The van der Waals surface area contributed by atoms with Crippen molar-refractivity contribution < 1.29 is 9.59 Å². The average molecular weight is 386 g/mol. The lowest BCUT2D eigenvalue weighted by molar-refractivity contribution is -0.118. The molecule has 3 aromatic rings. The largest absolute Gasteiger partial charge is 0.325 e. The average Bonchev–Trinajstić information content (AvgIpc) is 2.76. The summed E-state index contributed by atoms with van der Waals surface area (Å²) in [6.07, 6.45) is 0.894. The van der Waals surface area contributed by atoms with E-state index in [0.717, 1.165) is 17.7 Å². The van der Waals surface area contributed by atoms with Crippen LogP contribution in [0, 0.1) is 6.92 Å². The first kappa shape index (κ1) is 20.5. The second-order valence-corrected chi connectivity index (χ2v) is 7.09. The lowest BCUT2D eigenvalue weighted by Crippen LogP contribution is -2.43. The van der Waals surface area contributed by atoms with E-state index in [0.29, 0.717) is 12.1 Å². The lowest BCUT2D eigenvalue weighted by Gasteiger charge is -2.18. The van der Waals surface area contributed by atoms with Gasteiger partial charge >= 0.3 is 0 Å². The topological polar surface area (TPSA) is 58.2 Å². The minimum atomic E-state index is -0.604. The molecule has 0 bridgehead atoms. The van der Waals surface area contributed by atoms with Gasteiger partial charge in [-0.15, -0.1) is 0 Å². The van der Waals surface area contributed by atoms with Crippen molar-refractivity contribution in [1.29, 1.82) is 0 Å². The van der Waals surface area contributed by atoms with Gasteiger partial charge in [-0.25, -0.2) is 0 Å². The first-order valence-electron chi connectivity index (χ1n) is 9.85. The summed E-state index contributed by atoms with van der Waals surface area (Å²) in [5.41, 5.74) is 3.65. The molecule has 1 amide bonds. The highest BCUT2D eigenvalue weighted by atomic mass is 16.2. The maximum Gasteiger partial charge on any atom is 0.241 e. The molecule has 0 aliphatic heterocycles. The quantitative estimate of drug-likeness (QED) is 0.536. The zero-order valence-corrected chi connectivity index (χ0v) is 16.6. The van der Waals surface area contributed by atoms with Gasteiger partial charge in [-0.05, 0) is 37.6 Å². The fraction of sp³-hybridized carbons (Fsp3) is 0.200. The highest BCUT2D eigenvalue weighted by Gasteiger charge is 2.22. The number of Topliss-reactive ketones (excluding diaryl/α,β-unsaturated/α-hetero) is 1. The monoisotopic (exact) mass is 386 g/mol. The van der Waals surface area contributed by atoms with Crippen LogP contribution in [0.3, 0.4) is 0 Å². The zero-order valence-electron chi connectivity index (χ0n) is 16.6. The van der Waals surface area contributed by atoms with Gasteiger partial charge in [0.2, 0.25) is 5.91 Å². The molecule has 0 aromatic heterocycles. The summed E-state index contributed by atoms with van der Waals surface area (Å²) in [5.74, 6) is -0.256. The van der Waals surface area contributed by atoms with E-state index in [2.05, 4.69) is 22.8 Å². The Morgan fingerprint density at radius 3 is 2.10 bits per heavy atom. The van der Waals surface area contributed by atoms with Crippen LogP contribution in [0.15, 0.2) is 84.9 Å². The third-order valence-electron chi connectivity index (χ3n) is 4.77. The van der Waals surface area contributed by atoms with Crippen molar-refractivity contribution in [2.75, 3.05) is 11.9 Å². The molecule has 0 aliphatic rings. The number of carbonyl (C=O) groups excluding carboxylic acids is 2. The molecule has 3 aromatic carbocycles. The van der Waals surface area contributed by atoms with Crippen molar-refractivity contribution in [1.82, 2.24) is 5.32 Å². The molecule has 1 atom stereocenters.